The number of aldehydes is 1. The molecule has 2 fully saturated rings. The van der Waals surface area contributed by atoms with Gasteiger partial charge in [-0.25, -0.2) is 8.42 Å². The van der Waals surface area contributed by atoms with Crippen LogP contribution < -0.4 is 5.73 Å². The van der Waals surface area contributed by atoms with Crippen molar-refractivity contribution in [3.8, 4) is 0 Å². The maximum atomic E-state index is 13.6. The summed E-state index contributed by atoms with van der Waals surface area (Å²) in [4.78, 5) is 40.5. The number of hydrogen-bond acceptors (Lipinski definition) is 8. The Hall–Kier alpha value is -2.09. The number of morpholine rings is 1. The van der Waals surface area contributed by atoms with E-state index in [0.29, 0.717) is 41.1 Å². The maximum absolute atomic E-state index is 13.6. The summed E-state index contributed by atoms with van der Waals surface area (Å²) in [6.45, 7) is 1.10. The molecular formula is C21H25ClN4O6S2. The molecule has 3 heterocycles. The monoisotopic (exact) mass is 528 g/mol. The fraction of sp³-hybridized carbons (Fsp3) is 0.476. The van der Waals surface area contributed by atoms with E-state index in [9.17, 15) is 22.8 Å². The van der Waals surface area contributed by atoms with Crippen molar-refractivity contribution in [3.63, 3.8) is 0 Å². The van der Waals surface area contributed by atoms with Crippen molar-refractivity contribution in [1.82, 2.24) is 14.1 Å². The second-order valence-corrected chi connectivity index (χ2v) is 12.0. The number of likely N-dealkylation sites (tertiary alicyclic amines) is 1. The molecule has 13 heteroatoms. The van der Waals surface area contributed by atoms with Gasteiger partial charge >= 0.3 is 0 Å². The van der Waals surface area contributed by atoms with Crippen molar-refractivity contribution in [2.75, 3.05) is 39.8 Å². The lowest BCUT2D eigenvalue weighted by Crippen LogP contribution is -2.56. The number of likely N-dealkylation sites (N-methyl/N-ethyl adjacent to an activating group) is 1. The Kier molecular flexibility index (Phi) is 7.27. The van der Waals surface area contributed by atoms with E-state index in [-0.39, 0.29) is 17.2 Å². The summed E-state index contributed by atoms with van der Waals surface area (Å²) in [6.07, 6.45) is 0.259. The molecule has 0 aliphatic carbocycles. The number of halogens is 1. The van der Waals surface area contributed by atoms with Crippen LogP contribution in [0.5, 0.6) is 0 Å². The number of fused-ring (bicyclic) bond motifs is 1. The molecule has 1 aromatic carbocycles. The molecule has 3 atom stereocenters. The second-order valence-electron chi connectivity index (χ2n) is 8.40. The molecule has 2 aromatic rings. The van der Waals surface area contributed by atoms with Crippen molar-refractivity contribution in [2.24, 2.45) is 5.73 Å². The first-order chi connectivity index (χ1) is 16.1. The average Bonchev–Trinajstić information content (AvgIpc) is 3.37. The minimum Gasteiger partial charge on any atom is -0.373 e. The summed E-state index contributed by atoms with van der Waals surface area (Å²) in [7, 11) is -2.35. The summed E-state index contributed by atoms with van der Waals surface area (Å²) < 4.78 is 34.3. The molecule has 0 bridgehead atoms. The van der Waals surface area contributed by atoms with Crippen LogP contribution in [0.1, 0.15) is 6.42 Å². The van der Waals surface area contributed by atoms with Gasteiger partial charge in [0.1, 0.15) is 22.6 Å². The van der Waals surface area contributed by atoms with E-state index in [0.717, 1.165) is 15.6 Å². The van der Waals surface area contributed by atoms with Gasteiger partial charge in [-0.3, -0.25) is 9.59 Å². The van der Waals surface area contributed by atoms with Crippen LogP contribution in [-0.4, -0.2) is 98.6 Å². The molecule has 0 radical (unpaired) electrons. The number of ether oxygens (including phenoxy) is 1. The lowest BCUT2D eigenvalue weighted by molar-refractivity contribution is -0.142. The van der Waals surface area contributed by atoms with Crippen LogP contribution in [0.2, 0.25) is 5.02 Å². The summed E-state index contributed by atoms with van der Waals surface area (Å²) in [6, 6.07) is 4.47. The number of hydrogen-bond donors (Lipinski definition) is 1. The Morgan fingerprint density at radius 2 is 2.15 bits per heavy atom. The normalized spacial score (nSPS) is 23.0. The van der Waals surface area contributed by atoms with Crippen molar-refractivity contribution in [3.05, 3.63) is 29.3 Å². The quantitative estimate of drug-likeness (QED) is 0.494. The van der Waals surface area contributed by atoms with E-state index < -0.39 is 46.6 Å². The van der Waals surface area contributed by atoms with Gasteiger partial charge < -0.3 is 25.1 Å². The fourth-order valence-electron chi connectivity index (χ4n) is 4.37. The molecule has 2 amide bonds. The highest BCUT2D eigenvalue weighted by Crippen LogP contribution is 2.35. The summed E-state index contributed by atoms with van der Waals surface area (Å²) in [5, 5.41) is 1.13. The van der Waals surface area contributed by atoms with Gasteiger partial charge in [-0.15, -0.1) is 11.3 Å². The van der Waals surface area contributed by atoms with Crippen LogP contribution in [-0.2, 0) is 29.1 Å². The number of thiophene rings is 1. The number of sulfonamides is 1. The third-order valence-corrected chi connectivity index (χ3v) is 9.71. The Labute approximate surface area is 206 Å². The van der Waals surface area contributed by atoms with Gasteiger partial charge in [-0.1, -0.05) is 17.7 Å². The predicted molar refractivity (Wildman–Crippen MR) is 127 cm³/mol. The highest BCUT2D eigenvalue weighted by molar-refractivity contribution is 7.91. The van der Waals surface area contributed by atoms with E-state index >= 15 is 0 Å². The standard InChI is InChI=1S/C21H25ClN4O6S2/c1-24-6-7-32-17(10-24)16(12-27)25-5-4-15(21(25)29)26(11-19(23)28)34(30,31)20-8-13-2-3-14(22)9-18(13)33-20/h2-3,8-9,12,15-17H,4-7,10-11H2,1H3,(H2,23,28)/t15-,16+,17?/m0/s1. The zero-order valence-electron chi connectivity index (χ0n) is 18.4. The van der Waals surface area contributed by atoms with Crippen LogP contribution in [0.15, 0.2) is 28.5 Å². The van der Waals surface area contributed by atoms with E-state index in [1.54, 1.807) is 18.2 Å². The highest BCUT2D eigenvalue weighted by atomic mass is 35.5. The number of carbonyl (C=O) groups is 3. The molecule has 2 N–H and O–H groups in total. The fourth-order valence-corrected chi connectivity index (χ4v) is 7.75. The predicted octanol–water partition coefficient (Wildman–Crippen LogP) is 0.530. The number of benzene rings is 1. The van der Waals surface area contributed by atoms with E-state index in [2.05, 4.69) is 0 Å². The van der Waals surface area contributed by atoms with Gasteiger partial charge in [0.25, 0.3) is 10.0 Å². The van der Waals surface area contributed by atoms with E-state index in [4.69, 9.17) is 22.1 Å². The number of primary amides is 1. The molecular weight excluding hydrogens is 504 g/mol. The maximum Gasteiger partial charge on any atom is 0.253 e. The number of carbonyl (C=O) groups excluding carboxylic acids is 3. The summed E-state index contributed by atoms with van der Waals surface area (Å²) in [5.74, 6) is -1.44. The molecule has 1 unspecified atom stereocenters. The Bertz CT molecular complexity index is 1220. The van der Waals surface area contributed by atoms with Gasteiger partial charge in [0.2, 0.25) is 11.8 Å². The van der Waals surface area contributed by atoms with Crippen LogP contribution in [0, 0.1) is 0 Å². The molecule has 2 aliphatic rings. The minimum atomic E-state index is -4.24. The largest absolute Gasteiger partial charge is 0.373 e. The molecule has 34 heavy (non-hydrogen) atoms. The number of rotatable bonds is 8. The Morgan fingerprint density at radius 1 is 1.38 bits per heavy atom. The van der Waals surface area contributed by atoms with E-state index in [1.165, 1.54) is 11.0 Å². The SMILES string of the molecule is CN1CCOC([C@@H](C=O)N2CC[C@H](N(CC(N)=O)S(=O)(=O)c3cc4ccc(Cl)cc4s3)C2=O)C1. The molecule has 2 aliphatic heterocycles. The first kappa shape index (κ1) is 25.0. The van der Waals surface area contributed by atoms with Crippen molar-refractivity contribution < 1.29 is 27.5 Å². The highest BCUT2D eigenvalue weighted by Gasteiger charge is 2.46. The first-order valence-corrected chi connectivity index (χ1v) is 13.3. The smallest absolute Gasteiger partial charge is 0.253 e. The average molecular weight is 529 g/mol. The molecule has 184 valence electrons. The van der Waals surface area contributed by atoms with Crippen molar-refractivity contribution >= 4 is 61.1 Å². The van der Waals surface area contributed by atoms with Crippen LogP contribution in [0.4, 0.5) is 0 Å². The lowest BCUT2D eigenvalue weighted by atomic mass is 10.1. The van der Waals surface area contributed by atoms with Crippen LogP contribution in [0.25, 0.3) is 10.1 Å². The van der Waals surface area contributed by atoms with Crippen LogP contribution >= 0.6 is 22.9 Å². The Balaban J connectivity index is 1.63. The number of nitrogens with zero attached hydrogens (tertiary/aromatic N) is 3. The summed E-state index contributed by atoms with van der Waals surface area (Å²) in [5.41, 5.74) is 5.36. The zero-order chi connectivity index (χ0) is 24.6. The van der Waals surface area contributed by atoms with Gasteiger partial charge in [0, 0.05) is 29.4 Å². The second kappa shape index (κ2) is 9.88. The van der Waals surface area contributed by atoms with Crippen LogP contribution in [0.3, 0.4) is 0 Å². The minimum absolute atomic E-state index is 0.0264. The van der Waals surface area contributed by atoms with Crippen molar-refractivity contribution in [2.45, 2.75) is 28.8 Å². The van der Waals surface area contributed by atoms with E-state index in [1.807, 2.05) is 11.9 Å². The third-order valence-electron chi connectivity index (χ3n) is 6.07. The van der Waals surface area contributed by atoms with Gasteiger partial charge in [-0.05, 0) is 37.1 Å². The number of amides is 2. The molecule has 0 saturated carbocycles. The first-order valence-electron chi connectivity index (χ1n) is 10.7. The molecule has 10 nitrogen and oxygen atoms in total. The number of nitrogens with two attached hydrogens (primary N) is 1. The summed E-state index contributed by atoms with van der Waals surface area (Å²) >= 11 is 7.02. The molecule has 0 spiro atoms. The topological polar surface area (TPSA) is 130 Å². The molecule has 1 aromatic heterocycles. The zero-order valence-corrected chi connectivity index (χ0v) is 20.8. The van der Waals surface area contributed by atoms with Gasteiger partial charge in [0.05, 0.1) is 19.3 Å². The Morgan fingerprint density at radius 3 is 2.82 bits per heavy atom. The van der Waals surface area contributed by atoms with Crippen molar-refractivity contribution in [1.29, 1.82) is 0 Å². The van der Waals surface area contributed by atoms with Gasteiger partial charge in [0.15, 0.2) is 0 Å². The molecule has 4 rings (SSSR count). The lowest BCUT2D eigenvalue weighted by Gasteiger charge is -2.37. The van der Waals surface area contributed by atoms with Gasteiger partial charge in [-0.2, -0.15) is 4.31 Å². The third kappa shape index (κ3) is 4.83. The molecule has 2 saturated heterocycles.